The second-order valence-corrected chi connectivity index (χ2v) is 5.71. The summed E-state index contributed by atoms with van der Waals surface area (Å²) in [5.74, 6) is 0.694. The molecule has 4 nitrogen and oxygen atoms in total. The third kappa shape index (κ3) is 3.25. The van der Waals surface area contributed by atoms with Crippen LogP contribution in [0.25, 0.3) is 10.6 Å². The highest BCUT2D eigenvalue weighted by atomic mass is 79.9. The Morgan fingerprint density at radius 2 is 2.18 bits per heavy atom. The third-order valence-corrected chi connectivity index (χ3v) is 3.68. The molecule has 0 radical (unpaired) electrons. The van der Waals surface area contributed by atoms with E-state index in [1.165, 1.54) is 0 Å². The lowest BCUT2D eigenvalue weighted by atomic mass is 10.3. The molecule has 0 aliphatic rings. The molecule has 6 heteroatoms. The number of nitrogens with zero attached hydrogens (tertiary/aromatic N) is 3. The van der Waals surface area contributed by atoms with Crippen LogP contribution in [0.2, 0.25) is 0 Å². The summed E-state index contributed by atoms with van der Waals surface area (Å²) in [6, 6.07) is 9.84. The van der Waals surface area contributed by atoms with E-state index in [1.807, 2.05) is 24.3 Å². The van der Waals surface area contributed by atoms with Crippen molar-refractivity contribution in [3.8, 4) is 16.6 Å². The van der Waals surface area contributed by atoms with Crippen LogP contribution in [0.15, 0.2) is 28.1 Å². The van der Waals surface area contributed by atoms with E-state index in [0.717, 1.165) is 14.4 Å². The molecule has 0 unspecified atom stereocenters. The van der Waals surface area contributed by atoms with Crippen molar-refractivity contribution in [2.24, 2.45) is 0 Å². The number of halogens is 1. The summed E-state index contributed by atoms with van der Waals surface area (Å²) < 4.78 is 1.07. The minimum absolute atomic E-state index is 0.460. The number of hydrogen-bond acceptors (Lipinski definition) is 5. The SMILES string of the molecule is N#CCCNc1ccc(-c2ccc(Br)s2)nn1. The number of nitriles is 1. The Kier molecular flexibility index (Phi) is 4.07. The fourth-order valence-electron chi connectivity index (χ4n) is 1.26. The predicted octanol–water partition coefficient (Wildman–Crippen LogP) is 3.29. The maximum atomic E-state index is 8.41. The average molecular weight is 309 g/mol. The molecule has 0 saturated heterocycles. The van der Waals surface area contributed by atoms with Gasteiger partial charge in [-0.1, -0.05) is 0 Å². The maximum Gasteiger partial charge on any atom is 0.148 e. The molecule has 0 atom stereocenters. The Morgan fingerprint density at radius 1 is 1.29 bits per heavy atom. The van der Waals surface area contributed by atoms with Crippen LogP contribution >= 0.6 is 27.3 Å². The molecule has 2 aromatic heterocycles. The van der Waals surface area contributed by atoms with Gasteiger partial charge in [-0.3, -0.25) is 0 Å². The Morgan fingerprint density at radius 3 is 2.76 bits per heavy atom. The van der Waals surface area contributed by atoms with Crippen LogP contribution in [0.5, 0.6) is 0 Å². The number of hydrogen-bond donors (Lipinski definition) is 1. The van der Waals surface area contributed by atoms with Gasteiger partial charge in [0.05, 0.1) is 21.2 Å². The first-order valence-corrected chi connectivity index (χ1v) is 6.61. The summed E-state index contributed by atoms with van der Waals surface area (Å²) in [6.07, 6.45) is 0.460. The summed E-state index contributed by atoms with van der Waals surface area (Å²) in [6.45, 7) is 0.592. The van der Waals surface area contributed by atoms with Gasteiger partial charge in [0, 0.05) is 6.54 Å². The average Bonchev–Trinajstić information content (AvgIpc) is 2.77. The van der Waals surface area contributed by atoms with Crippen molar-refractivity contribution < 1.29 is 0 Å². The van der Waals surface area contributed by atoms with Gasteiger partial charge in [0.25, 0.3) is 0 Å². The van der Waals surface area contributed by atoms with Crippen molar-refractivity contribution in [3.63, 3.8) is 0 Å². The zero-order chi connectivity index (χ0) is 12.1. The van der Waals surface area contributed by atoms with Crippen molar-refractivity contribution in [1.29, 1.82) is 5.26 Å². The van der Waals surface area contributed by atoms with Crippen LogP contribution in [0.1, 0.15) is 6.42 Å². The zero-order valence-electron chi connectivity index (χ0n) is 8.85. The molecule has 2 aromatic rings. The minimum atomic E-state index is 0.460. The van der Waals surface area contributed by atoms with Gasteiger partial charge in [-0.2, -0.15) is 5.26 Å². The maximum absolute atomic E-state index is 8.41. The third-order valence-electron chi connectivity index (χ3n) is 2.03. The molecule has 0 aliphatic carbocycles. The van der Waals surface area contributed by atoms with Crippen LogP contribution in [-0.2, 0) is 0 Å². The van der Waals surface area contributed by atoms with Crippen molar-refractivity contribution in [3.05, 3.63) is 28.1 Å². The van der Waals surface area contributed by atoms with Gasteiger partial charge in [-0.25, -0.2) is 0 Å². The van der Waals surface area contributed by atoms with Crippen LogP contribution in [0, 0.1) is 11.3 Å². The van der Waals surface area contributed by atoms with Crippen LogP contribution in [-0.4, -0.2) is 16.7 Å². The van der Waals surface area contributed by atoms with Crippen molar-refractivity contribution in [2.75, 3.05) is 11.9 Å². The van der Waals surface area contributed by atoms with E-state index in [0.29, 0.717) is 18.8 Å². The number of rotatable bonds is 4. The Hall–Kier alpha value is -1.45. The first-order chi connectivity index (χ1) is 8.29. The molecule has 17 heavy (non-hydrogen) atoms. The van der Waals surface area contributed by atoms with Gasteiger partial charge >= 0.3 is 0 Å². The van der Waals surface area contributed by atoms with Crippen molar-refractivity contribution >= 4 is 33.1 Å². The van der Waals surface area contributed by atoms with Gasteiger partial charge in [0.15, 0.2) is 0 Å². The van der Waals surface area contributed by atoms with Crippen LogP contribution < -0.4 is 5.32 Å². The van der Waals surface area contributed by atoms with E-state index in [4.69, 9.17) is 5.26 Å². The van der Waals surface area contributed by atoms with E-state index in [1.54, 1.807) is 11.3 Å². The van der Waals surface area contributed by atoms with Crippen molar-refractivity contribution in [2.45, 2.75) is 6.42 Å². The fourth-order valence-corrected chi connectivity index (χ4v) is 2.61. The molecular formula is C11H9BrN4S. The summed E-state index contributed by atoms with van der Waals surface area (Å²) in [4.78, 5) is 1.08. The van der Waals surface area contributed by atoms with Gasteiger partial charge < -0.3 is 5.32 Å². The molecular weight excluding hydrogens is 300 g/mol. The Balaban J connectivity index is 2.05. The topological polar surface area (TPSA) is 61.6 Å². The van der Waals surface area contributed by atoms with E-state index >= 15 is 0 Å². The molecule has 0 spiro atoms. The molecule has 0 saturated carbocycles. The first kappa shape index (κ1) is 12.0. The highest BCUT2D eigenvalue weighted by Gasteiger charge is 2.03. The predicted molar refractivity (Wildman–Crippen MR) is 71.8 cm³/mol. The van der Waals surface area contributed by atoms with Gasteiger partial charge in [-0.05, 0) is 40.2 Å². The summed E-state index contributed by atoms with van der Waals surface area (Å²) in [5.41, 5.74) is 0.853. The standard InChI is InChI=1S/C11H9BrN4S/c12-10-4-3-9(17-10)8-2-5-11(16-15-8)14-7-1-6-13/h2-5H,1,7H2,(H,14,16). The monoisotopic (exact) mass is 308 g/mol. The molecule has 0 amide bonds. The smallest absolute Gasteiger partial charge is 0.148 e. The molecule has 1 N–H and O–H groups in total. The van der Waals surface area contributed by atoms with Gasteiger partial charge in [0.1, 0.15) is 11.5 Å². The second kappa shape index (κ2) is 5.75. The highest BCUT2D eigenvalue weighted by Crippen LogP contribution is 2.29. The number of thiophene rings is 1. The zero-order valence-corrected chi connectivity index (χ0v) is 11.3. The van der Waals surface area contributed by atoms with E-state index < -0.39 is 0 Å². The molecule has 0 bridgehead atoms. The summed E-state index contributed by atoms with van der Waals surface area (Å²) in [5, 5.41) is 19.6. The minimum Gasteiger partial charge on any atom is -0.368 e. The molecule has 0 fully saturated rings. The number of aromatic nitrogens is 2. The lowest BCUT2D eigenvalue weighted by Gasteiger charge is -2.02. The van der Waals surface area contributed by atoms with Crippen LogP contribution in [0.3, 0.4) is 0 Å². The second-order valence-electron chi connectivity index (χ2n) is 3.24. The van der Waals surface area contributed by atoms with Crippen molar-refractivity contribution in [1.82, 2.24) is 10.2 Å². The van der Waals surface area contributed by atoms with Gasteiger partial charge in [-0.15, -0.1) is 21.5 Å². The molecule has 0 aliphatic heterocycles. The molecule has 2 heterocycles. The van der Waals surface area contributed by atoms with E-state index in [-0.39, 0.29) is 0 Å². The molecule has 86 valence electrons. The molecule has 0 aromatic carbocycles. The Bertz CT molecular complexity index is 529. The fraction of sp³-hybridized carbons (Fsp3) is 0.182. The number of anilines is 1. The van der Waals surface area contributed by atoms with Gasteiger partial charge in [0.2, 0.25) is 0 Å². The molecule has 2 rings (SSSR count). The summed E-state index contributed by atoms with van der Waals surface area (Å²) >= 11 is 5.03. The first-order valence-electron chi connectivity index (χ1n) is 5.00. The lowest BCUT2D eigenvalue weighted by molar-refractivity contribution is 0.994. The van der Waals surface area contributed by atoms with E-state index in [2.05, 4.69) is 37.5 Å². The van der Waals surface area contributed by atoms with Crippen LogP contribution in [0.4, 0.5) is 5.82 Å². The Labute approximate surface area is 111 Å². The largest absolute Gasteiger partial charge is 0.368 e. The summed E-state index contributed by atoms with van der Waals surface area (Å²) in [7, 11) is 0. The lowest BCUT2D eigenvalue weighted by Crippen LogP contribution is -2.03. The normalized spacial score (nSPS) is 9.88. The number of nitrogens with one attached hydrogen (secondary N) is 1. The highest BCUT2D eigenvalue weighted by molar-refractivity contribution is 9.11. The quantitative estimate of drug-likeness (QED) is 0.880. The van der Waals surface area contributed by atoms with E-state index in [9.17, 15) is 0 Å².